The van der Waals surface area contributed by atoms with Crippen molar-refractivity contribution in [3.8, 4) is 11.3 Å². The Kier molecular flexibility index (Phi) is 4.94. The number of carbonyl (C=O) groups excluding carboxylic acids is 1. The lowest BCUT2D eigenvalue weighted by Crippen LogP contribution is -2.18. The monoisotopic (exact) mass is 391 g/mol. The van der Waals surface area contributed by atoms with E-state index in [9.17, 15) is 13.2 Å². The van der Waals surface area contributed by atoms with Crippen LogP contribution in [0.2, 0.25) is 0 Å². The van der Waals surface area contributed by atoms with E-state index in [4.69, 9.17) is 4.42 Å². The van der Waals surface area contributed by atoms with Gasteiger partial charge in [-0.1, -0.05) is 23.8 Å². The number of benzene rings is 1. The van der Waals surface area contributed by atoms with Crippen molar-refractivity contribution in [3.05, 3.63) is 52.6 Å². The molecule has 136 valence electrons. The van der Waals surface area contributed by atoms with Gasteiger partial charge in [0.15, 0.2) is 5.13 Å². The fourth-order valence-electron chi connectivity index (χ4n) is 2.40. The van der Waals surface area contributed by atoms with Crippen LogP contribution in [0.3, 0.4) is 0 Å². The lowest BCUT2D eigenvalue weighted by Gasteiger charge is -2.03. The second kappa shape index (κ2) is 7.02. The number of aromatic nitrogens is 1. The summed E-state index contributed by atoms with van der Waals surface area (Å²) in [4.78, 5) is 16.7. The predicted molar refractivity (Wildman–Crippen MR) is 99.9 cm³/mol. The third kappa shape index (κ3) is 3.69. The van der Waals surface area contributed by atoms with Gasteiger partial charge >= 0.3 is 0 Å². The van der Waals surface area contributed by atoms with Crippen LogP contribution in [0.15, 0.2) is 45.4 Å². The van der Waals surface area contributed by atoms with E-state index in [-0.39, 0.29) is 10.7 Å². The number of furan rings is 1. The molecular weight excluding hydrogens is 374 g/mol. The standard InChI is InChI=1S/C17H17N3O4S2/c1-10-4-5-13(11(2)6-10)14-9-25-17(19-14)20-16(21)12-7-15(24-8-12)26(22,23)18-3/h4-9,18H,1-3H3,(H,19,20,21). The molecule has 2 heterocycles. The maximum atomic E-state index is 12.3. The Balaban J connectivity index is 1.78. The molecule has 0 saturated heterocycles. The summed E-state index contributed by atoms with van der Waals surface area (Å²) in [5.74, 6) is -0.493. The van der Waals surface area contributed by atoms with Gasteiger partial charge in [-0.2, -0.15) is 0 Å². The topological polar surface area (TPSA) is 101 Å². The van der Waals surface area contributed by atoms with E-state index >= 15 is 0 Å². The molecule has 1 amide bonds. The van der Waals surface area contributed by atoms with Gasteiger partial charge < -0.3 is 4.42 Å². The summed E-state index contributed by atoms with van der Waals surface area (Å²) in [6.07, 6.45) is 1.10. The van der Waals surface area contributed by atoms with Crippen molar-refractivity contribution in [2.24, 2.45) is 0 Å². The first-order chi connectivity index (χ1) is 12.3. The van der Waals surface area contributed by atoms with Crippen LogP contribution in [0.5, 0.6) is 0 Å². The normalized spacial score (nSPS) is 11.5. The number of hydrogen-bond acceptors (Lipinski definition) is 6. The molecule has 0 fully saturated rings. The molecule has 9 heteroatoms. The molecule has 26 heavy (non-hydrogen) atoms. The lowest BCUT2D eigenvalue weighted by molar-refractivity contribution is 0.102. The van der Waals surface area contributed by atoms with E-state index in [1.807, 2.05) is 31.4 Å². The summed E-state index contributed by atoms with van der Waals surface area (Å²) < 4.78 is 30.4. The van der Waals surface area contributed by atoms with Crippen LogP contribution in [0.25, 0.3) is 11.3 Å². The average molecular weight is 391 g/mol. The number of sulfonamides is 1. The first-order valence-electron chi connectivity index (χ1n) is 7.67. The fraction of sp³-hybridized carbons (Fsp3) is 0.176. The SMILES string of the molecule is CNS(=O)(=O)c1cc(C(=O)Nc2nc(-c3ccc(C)cc3C)cs2)co1. The molecule has 0 aliphatic rings. The molecule has 3 rings (SSSR count). The number of thiazole rings is 1. The Bertz CT molecular complexity index is 1070. The number of hydrogen-bond donors (Lipinski definition) is 2. The molecule has 3 aromatic rings. The van der Waals surface area contributed by atoms with Crippen molar-refractivity contribution in [2.75, 3.05) is 12.4 Å². The molecule has 0 spiro atoms. The predicted octanol–water partition coefficient (Wildman–Crippen LogP) is 3.18. The highest BCUT2D eigenvalue weighted by Gasteiger charge is 2.20. The Morgan fingerprint density at radius 3 is 2.69 bits per heavy atom. The van der Waals surface area contributed by atoms with Crippen molar-refractivity contribution < 1.29 is 17.6 Å². The molecule has 0 aliphatic carbocycles. The summed E-state index contributed by atoms with van der Waals surface area (Å²) in [5.41, 5.74) is 4.14. The van der Waals surface area contributed by atoms with Crippen LogP contribution in [0, 0.1) is 13.8 Å². The highest BCUT2D eigenvalue weighted by molar-refractivity contribution is 7.89. The highest BCUT2D eigenvalue weighted by atomic mass is 32.2. The first kappa shape index (κ1) is 18.3. The Morgan fingerprint density at radius 2 is 2.00 bits per heavy atom. The van der Waals surface area contributed by atoms with Gasteiger partial charge in [0.1, 0.15) is 6.26 Å². The summed E-state index contributed by atoms with van der Waals surface area (Å²) in [7, 11) is -2.47. The molecule has 0 aliphatic heterocycles. The van der Waals surface area contributed by atoms with Crippen LogP contribution >= 0.6 is 11.3 Å². The van der Waals surface area contributed by atoms with Gasteiger partial charge in [0.2, 0.25) is 5.09 Å². The minimum Gasteiger partial charge on any atom is -0.451 e. The van der Waals surface area contributed by atoms with E-state index in [2.05, 4.69) is 21.1 Å². The van der Waals surface area contributed by atoms with Crippen molar-refractivity contribution in [2.45, 2.75) is 18.9 Å². The van der Waals surface area contributed by atoms with Crippen LogP contribution in [-0.4, -0.2) is 26.4 Å². The molecular formula is C17H17N3O4S2. The van der Waals surface area contributed by atoms with Crippen molar-refractivity contribution >= 4 is 32.4 Å². The van der Waals surface area contributed by atoms with Gasteiger partial charge in [-0.15, -0.1) is 11.3 Å². The van der Waals surface area contributed by atoms with E-state index in [0.717, 1.165) is 23.1 Å². The molecule has 0 bridgehead atoms. The number of anilines is 1. The van der Waals surface area contributed by atoms with Crippen molar-refractivity contribution in [1.82, 2.24) is 9.71 Å². The van der Waals surface area contributed by atoms with E-state index in [1.165, 1.54) is 30.0 Å². The lowest BCUT2D eigenvalue weighted by atomic mass is 10.0. The smallest absolute Gasteiger partial charge is 0.273 e. The Hall–Kier alpha value is -2.49. The zero-order chi connectivity index (χ0) is 18.9. The van der Waals surface area contributed by atoms with Crippen molar-refractivity contribution in [3.63, 3.8) is 0 Å². The first-order valence-corrected chi connectivity index (χ1v) is 10.0. The highest BCUT2D eigenvalue weighted by Crippen LogP contribution is 2.28. The zero-order valence-corrected chi connectivity index (χ0v) is 16.0. The molecule has 0 saturated carbocycles. The van der Waals surface area contributed by atoms with Gasteiger partial charge in [-0.05, 0) is 26.5 Å². The number of aryl methyl sites for hydroxylation is 2. The Labute approximate surface area is 155 Å². The number of rotatable bonds is 5. The second-order valence-corrected chi connectivity index (χ2v) is 8.35. The van der Waals surface area contributed by atoms with Gasteiger partial charge in [0.05, 0.1) is 11.3 Å². The third-order valence-electron chi connectivity index (χ3n) is 3.75. The Morgan fingerprint density at radius 1 is 1.23 bits per heavy atom. The molecule has 1 aromatic carbocycles. The van der Waals surface area contributed by atoms with E-state index < -0.39 is 15.9 Å². The molecule has 2 aromatic heterocycles. The van der Waals surface area contributed by atoms with Crippen molar-refractivity contribution in [1.29, 1.82) is 0 Å². The summed E-state index contributed by atoms with van der Waals surface area (Å²) >= 11 is 1.29. The largest absolute Gasteiger partial charge is 0.451 e. The molecule has 0 atom stereocenters. The van der Waals surface area contributed by atoms with Gasteiger partial charge in [0, 0.05) is 17.0 Å². The van der Waals surface area contributed by atoms with Gasteiger partial charge in [0.25, 0.3) is 15.9 Å². The zero-order valence-electron chi connectivity index (χ0n) is 14.4. The maximum Gasteiger partial charge on any atom is 0.273 e. The number of nitrogens with one attached hydrogen (secondary N) is 2. The summed E-state index contributed by atoms with van der Waals surface area (Å²) in [6, 6.07) is 7.24. The van der Waals surface area contributed by atoms with Crippen LogP contribution in [0.1, 0.15) is 21.5 Å². The summed E-state index contributed by atoms with van der Waals surface area (Å²) in [6.45, 7) is 4.03. The van der Waals surface area contributed by atoms with E-state index in [1.54, 1.807) is 0 Å². The maximum absolute atomic E-state index is 12.3. The minimum atomic E-state index is -3.73. The number of carbonyl (C=O) groups is 1. The van der Waals surface area contributed by atoms with Crippen LogP contribution in [-0.2, 0) is 10.0 Å². The molecule has 0 unspecified atom stereocenters. The molecule has 2 N–H and O–H groups in total. The van der Waals surface area contributed by atoms with Gasteiger partial charge in [-0.25, -0.2) is 18.1 Å². The van der Waals surface area contributed by atoms with Crippen LogP contribution in [0.4, 0.5) is 5.13 Å². The third-order valence-corrected chi connectivity index (χ3v) is 5.79. The fourth-order valence-corrected chi connectivity index (χ4v) is 3.77. The van der Waals surface area contributed by atoms with Gasteiger partial charge in [-0.3, -0.25) is 10.1 Å². The van der Waals surface area contributed by atoms with Crippen LogP contribution < -0.4 is 10.0 Å². The average Bonchev–Trinajstić information content (AvgIpc) is 3.24. The number of amides is 1. The summed E-state index contributed by atoms with van der Waals surface area (Å²) in [5, 5.41) is 4.62. The molecule has 7 nitrogen and oxygen atoms in total. The minimum absolute atomic E-state index is 0.0992. The molecule has 0 radical (unpaired) electrons. The number of nitrogens with zero attached hydrogens (tertiary/aromatic N) is 1. The quantitative estimate of drug-likeness (QED) is 0.696. The van der Waals surface area contributed by atoms with E-state index in [0.29, 0.717) is 5.13 Å². The second-order valence-electron chi connectivity index (χ2n) is 5.67.